The highest BCUT2D eigenvalue weighted by molar-refractivity contribution is 5.34. The van der Waals surface area contributed by atoms with Gasteiger partial charge in [0, 0.05) is 24.0 Å². The molecule has 0 aromatic carbocycles. The molecule has 2 aliphatic rings. The second-order valence-corrected chi connectivity index (χ2v) is 8.23. The molecule has 3 rings (SSSR count). The molecule has 2 N–H and O–H groups in total. The fraction of sp³-hybridized carbons (Fsp3) is 0.778. The Balaban J connectivity index is 1.88. The molecule has 2 aliphatic carbocycles. The maximum Gasteiger partial charge on any atom is 0.0318 e. The third kappa shape index (κ3) is 2.55. The quantitative estimate of drug-likeness (QED) is 0.860. The van der Waals surface area contributed by atoms with Gasteiger partial charge in [-0.15, -0.1) is 0 Å². The van der Waals surface area contributed by atoms with Gasteiger partial charge >= 0.3 is 0 Å². The second-order valence-electron chi connectivity index (χ2n) is 8.23. The molecule has 0 radical (unpaired) electrons. The Morgan fingerprint density at radius 2 is 2.10 bits per heavy atom. The molecule has 20 heavy (non-hydrogen) atoms. The summed E-state index contributed by atoms with van der Waals surface area (Å²) in [7, 11) is 0. The van der Waals surface area contributed by atoms with Crippen LogP contribution in [-0.2, 0) is 13.0 Å². The maximum absolute atomic E-state index is 6.42. The van der Waals surface area contributed by atoms with Crippen molar-refractivity contribution >= 4 is 0 Å². The SMILES string of the molecule is Cc1cc2c(n1CC1CCC(C)C1)CC(C)(C)CC2N. The van der Waals surface area contributed by atoms with E-state index in [9.17, 15) is 0 Å². The Bertz CT molecular complexity index is 498. The molecule has 1 aromatic heterocycles. The molecule has 3 atom stereocenters. The van der Waals surface area contributed by atoms with Crippen molar-refractivity contribution < 1.29 is 0 Å². The van der Waals surface area contributed by atoms with E-state index in [2.05, 4.69) is 38.3 Å². The zero-order valence-corrected chi connectivity index (χ0v) is 13.6. The summed E-state index contributed by atoms with van der Waals surface area (Å²) in [6.07, 6.45) is 6.53. The molecule has 1 aromatic rings. The fourth-order valence-corrected chi connectivity index (χ4v) is 4.51. The molecule has 1 fully saturated rings. The van der Waals surface area contributed by atoms with Crippen LogP contribution in [0.15, 0.2) is 6.07 Å². The number of aromatic nitrogens is 1. The summed E-state index contributed by atoms with van der Waals surface area (Å²) in [6.45, 7) is 10.6. The number of nitrogens with zero attached hydrogens (tertiary/aromatic N) is 1. The number of aryl methyl sites for hydroxylation is 1. The summed E-state index contributed by atoms with van der Waals surface area (Å²) in [5, 5.41) is 0. The monoisotopic (exact) mass is 274 g/mol. The molecule has 0 amide bonds. The van der Waals surface area contributed by atoms with Gasteiger partial charge in [-0.1, -0.05) is 27.2 Å². The first kappa shape index (κ1) is 14.2. The van der Waals surface area contributed by atoms with E-state index < -0.39 is 0 Å². The lowest BCUT2D eigenvalue weighted by molar-refractivity contribution is 0.271. The van der Waals surface area contributed by atoms with Gasteiger partial charge in [0.15, 0.2) is 0 Å². The van der Waals surface area contributed by atoms with Crippen LogP contribution in [0.2, 0.25) is 0 Å². The number of hydrogen-bond acceptors (Lipinski definition) is 1. The first-order valence-electron chi connectivity index (χ1n) is 8.30. The molecule has 112 valence electrons. The van der Waals surface area contributed by atoms with Crippen LogP contribution >= 0.6 is 0 Å². The van der Waals surface area contributed by atoms with Crippen molar-refractivity contribution in [1.82, 2.24) is 4.57 Å². The van der Waals surface area contributed by atoms with E-state index >= 15 is 0 Å². The number of rotatable bonds is 2. The molecule has 0 aliphatic heterocycles. The molecule has 1 saturated carbocycles. The summed E-state index contributed by atoms with van der Waals surface area (Å²) >= 11 is 0. The minimum Gasteiger partial charge on any atom is -0.348 e. The van der Waals surface area contributed by atoms with Gasteiger partial charge in [0.1, 0.15) is 0 Å². The normalized spacial score (nSPS) is 32.4. The fourth-order valence-electron chi connectivity index (χ4n) is 4.51. The minimum absolute atomic E-state index is 0.233. The lowest BCUT2D eigenvalue weighted by Gasteiger charge is -2.35. The van der Waals surface area contributed by atoms with Gasteiger partial charge < -0.3 is 10.3 Å². The highest BCUT2D eigenvalue weighted by Crippen LogP contribution is 2.42. The molecule has 3 unspecified atom stereocenters. The van der Waals surface area contributed by atoms with E-state index in [1.54, 1.807) is 0 Å². The van der Waals surface area contributed by atoms with Crippen molar-refractivity contribution in [3.8, 4) is 0 Å². The highest BCUT2D eigenvalue weighted by Gasteiger charge is 2.34. The van der Waals surface area contributed by atoms with Gasteiger partial charge in [0.25, 0.3) is 0 Å². The van der Waals surface area contributed by atoms with E-state index in [0.717, 1.165) is 18.3 Å². The van der Waals surface area contributed by atoms with E-state index in [1.165, 1.54) is 49.2 Å². The van der Waals surface area contributed by atoms with Crippen molar-refractivity contribution in [3.63, 3.8) is 0 Å². The molecular formula is C18H30N2. The smallest absolute Gasteiger partial charge is 0.0318 e. The number of fused-ring (bicyclic) bond motifs is 1. The highest BCUT2D eigenvalue weighted by atomic mass is 15.0. The summed E-state index contributed by atoms with van der Waals surface area (Å²) in [4.78, 5) is 0. The van der Waals surface area contributed by atoms with Gasteiger partial charge in [-0.2, -0.15) is 0 Å². The van der Waals surface area contributed by atoms with Crippen molar-refractivity contribution in [2.45, 2.75) is 72.4 Å². The Kier molecular flexibility index (Phi) is 3.48. The first-order chi connectivity index (χ1) is 9.35. The zero-order valence-electron chi connectivity index (χ0n) is 13.6. The Labute approximate surface area is 123 Å². The van der Waals surface area contributed by atoms with E-state index in [1.807, 2.05) is 0 Å². The zero-order chi connectivity index (χ0) is 14.5. The third-order valence-electron chi connectivity index (χ3n) is 5.51. The van der Waals surface area contributed by atoms with Crippen LogP contribution in [0.25, 0.3) is 0 Å². The average molecular weight is 274 g/mol. The van der Waals surface area contributed by atoms with E-state index in [-0.39, 0.29) is 6.04 Å². The molecule has 2 heteroatoms. The van der Waals surface area contributed by atoms with E-state index in [0.29, 0.717) is 5.41 Å². The van der Waals surface area contributed by atoms with Crippen LogP contribution < -0.4 is 5.73 Å². The van der Waals surface area contributed by atoms with Gasteiger partial charge in [0.2, 0.25) is 0 Å². The lowest BCUT2D eigenvalue weighted by atomic mass is 9.74. The van der Waals surface area contributed by atoms with Gasteiger partial charge in [0.05, 0.1) is 0 Å². The average Bonchev–Trinajstić information content (AvgIpc) is 2.86. The second kappa shape index (κ2) is 4.91. The summed E-state index contributed by atoms with van der Waals surface area (Å²) in [6, 6.07) is 2.59. The molecule has 1 heterocycles. The van der Waals surface area contributed by atoms with Gasteiger partial charge in [-0.3, -0.25) is 0 Å². The molecule has 2 nitrogen and oxygen atoms in total. The summed E-state index contributed by atoms with van der Waals surface area (Å²) in [5.41, 5.74) is 11.1. The molecule has 0 saturated heterocycles. The van der Waals surface area contributed by atoms with E-state index in [4.69, 9.17) is 5.73 Å². The maximum atomic E-state index is 6.42. The topological polar surface area (TPSA) is 30.9 Å². The minimum atomic E-state index is 0.233. The summed E-state index contributed by atoms with van der Waals surface area (Å²) < 4.78 is 2.60. The van der Waals surface area contributed by atoms with Crippen molar-refractivity contribution in [1.29, 1.82) is 0 Å². The Morgan fingerprint density at radius 3 is 2.75 bits per heavy atom. The molecular weight excluding hydrogens is 244 g/mol. The predicted octanol–water partition coefficient (Wildman–Crippen LogP) is 4.20. The largest absolute Gasteiger partial charge is 0.348 e. The first-order valence-corrected chi connectivity index (χ1v) is 8.30. The lowest BCUT2D eigenvalue weighted by Crippen LogP contribution is -2.31. The molecule has 0 bridgehead atoms. The Morgan fingerprint density at radius 1 is 1.35 bits per heavy atom. The van der Waals surface area contributed by atoms with Crippen LogP contribution in [-0.4, -0.2) is 4.57 Å². The van der Waals surface area contributed by atoms with Gasteiger partial charge in [-0.05, 0) is 61.5 Å². The molecule has 0 spiro atoms. The number of nitrogens with two attached hydrogens (primary N) is 1. The summed E-state index contributed by atoms with van der Waals surface area (Å²) in [5.74, 6) is 1.80. The van der Waals surface area contributed by atoms with Crippen LogP contribution in [0.5, 0.6) is 0 Å². The van der Waals surface area contributed by atoms with Crippen LogP contribution in [0.4, 0.5) is 0 Å². The van der Waals surface area contributed by atoms with Crippen molar-refractivity contribution in [2.24, 2.45) is 23.0 Å². The number of hydrogen-bond donors (Lipinski definition) is 1. The predicted molar refractivity (Wildman–Crippen MR) is 84.7 cm³/mol. The van der Waals surface area contributed by atoms with Crippen molar-refractivity contribution in [2.75, 3.05) is 0 Å². The Hall–Kier alpha value is -0.760. The standard InChI is InChI=1S/C18H30N2/c1-12-5-6-14(7-12)11-20-13(2)8-15-16(19)9-18(3,4)10-17(15)20/h8,12,14,16H,5-7,9-11,19H2,1-4H3. The van der Waals surface area contributed by atoms with Crippen LogP contribution in [0.1, 0.15) is 69.4 Å². The van der Waals surface area contributed by atoms with Crippen LogP contribution in [0.3, 0.4) is 0 Å². The van der Waals surface area contributed by atoms with Crippen molar-refractivity contribution in [3.05, 3.63) is 23.0 Å². The van der Waals surface area contributed by atoms with Gasteiger partial charge in [-0.25, -0.2) is 0 Å². The van der Waals surface area contributed by atoms with Crippen LogP contribution in [0, 0.1) is 24.2 Å². The third-order valence-corrected chi connectivity index (χ3v) is 5.51.